The van der Waals surface area contributed by atoms with Crippen molar-refractivity contribution < 1.29 is 14.7 Å². The first-order valence-electron chi connectivity index (χ1n) is 8.25. The van der Waals surface area contributed by atoms with E-state index in [0.717, 1.165) is 17.9 Å². The van der Waals surface area contributed by atoms with E-state index in [1.807, 2.05) is 18.2 Å². The van der Waals surface area contributed by atoms with Crippen LogP contribution in [-0.2, 0) is 6.42 Å². The number of benzene rings is 2. The number of fused-ring (bicyclic) bond motifs is 2. The van der Waals surface area contributed by atoms with Crippen molar-refractivity contribution in [2.45, 2.75) is 12.8 Å². The summed E-state index contributed by atoms with van der Waals surface area (Å²) in [5.41, 5.74) is 5.25. The lowest BCUT2D eigenvalue weighted by Crippen LogP contribution is -2.36. The van der Waals surface area contributed by atoms with E-state index in [1.165, 1.54) is 40.5 Å². The van der Waals surface area contributed by atoms with Gasteiger partial charge in [0.05, 0.1) is 5.56 Å². The number of nitrogens with zero attached hydrogens (tertiary/aromatic N) is 1. The van der Waals surface area contributed by atoms with Gasteiger partial charge in [-0.1, -0.05) is 29.3 Å². The predicted octanol–water partition coefficient (Wildman–Crippen LogP) is 4.55. The Labute approximate surface area is 160 Å². The largest absolute Gasteiger partial charge is 0.478 e. The summed E-state index contributed by atoms with van der Waals surface area (Å²) >= 11 is 12.1. The molecule has 2 aromatic carbocycles. The number of aromatic carboxylic acids is 1. The van der Waals surface area contributed by atoms with Gasteiger partial charge in [-0.25, -0.2) is 4.79 Å². The lowest BCUT2D eigenvalue weighted by atomic mass is 9.98. The molecular formula is C20H15Cl2NO3. The van der Waals surface area contributed by atoms with Gasteiger partial charge in [-0.2, -0.15) is 0 Å². The molecule has 0 fully saturated rings. The third kappa shape index (κ3) is 3.00. The summed E-state index contributed by atoms with van der Waals surface area (Å²) in [6.07, 6.45) is 1.59. The molecule has 0 bridgehead atoms. The predicted molar refractivity (Wildman–Crippen MR) is 101 cm³/mol. The molecule has 0 saturated carbocycles. The topological polar surface area (TPSA) is 57.6 Å². The lowest BCUT2D eigenvalue weighted by molar-refractivity contribution is 0.0697. The number of hydrogen-bond acceptors (Lipinski definition) is 2. The molecule has 1 aliphatic carbocycles. The maximum atomic E-state index is 12.9. The Balaban J connectivity index is 1.60. The minimum atomic E-state index is -1.10. The SMILES string of the molecule is O=C(O)c1cc(Cl)cc(C(=O)N2CCC3=C(Cc4ccc(Cl)cc43)C2)c1. The molecular weight excluding hydrogens is 373 g/mol. The first-order valence-corrected chi connectivity index (χ1v) is 9.01. The molecule has 4 rings (SSSR count). The molecule has 0 radical (unpaired) electrons. The summed E-state index contributed by atoms with van der Waals surface area (Å²) in [5, 5.41) is 10.1. The van der Waals surface area contributed by atoms with Gasteiger partial charge in [0, 0.05) is 28.7 Å². The highest BCUT2D eigenvalue weighted by molar-refractivity contribution is 6.31. The summed E-state index contributed by atoms with van der Waals surface area (Å²) in [6, 6.07) is 10.2. The van der Waals surface area contributed by atoms with Crippen LogP contribution in [0, 0.1) is 0 Å². The van der Waals surface area contributed by atoms with Crippen LogP contribution < -0.4 is 0 Å². The Morgan fingerprint density at radius 3 is 2.54 bits per heavy atom. The van der Waals surface area contributed by atoms with Crippen LogP contribution in [0.5, 0.6) is 0 Å². The van der Waals surface area contributed by atoms with Crippen molar-refractivity contribution in [2.75, 3.05) is 13.1 Å². The second-order valence-corrected chi connectivity index (χ2v) is 7.44. The molecule has 1 aliphatic heterocycles. The van der Waals surface area contributed by atoms with Gasteiger partial charge in [-0.05, 0) is 65.4 Å². The summed E-state index contributed by atoms with van der Waals surface area (Å²) in [4.78, 5) is 25.8. The second-order valence-electron chi connectivity index (χ2n) is 6.57. The number of carboxylic acids is 1. The van der Waals surface area contributed by atoms with E-state index >= 15 is 0 Å². The quantitative estimate of drug-likeness (QED) is 0.822. The zero-order valence-corrected chi connectivity index (χ0v) is 15.3. The van der Waals surface area contributed by atoms with Crippen molar-refractivity contribution in [3.05, 3.63) is 74.3 Å². The Morgan fingerprint density at radius 2 is 1.77 bits per heavy atom. The van der Waals surface area contributed by atoms with Crippen molar-refractivity contribution in [2.24, 2.45) is 0 Å². The Kier molecular flexibility index (Phi) is 4.25. The molecule has 0 atom stereocenters. The van der Waals surface area contributed by atoms with Crippen LogP contribution in [0.2, 0.25) is 10.0 Å². The van der Waals surface area contributed by atoms with Gasteiger partial charge >= 0.3 is 5.97 Å². The summed E-state index contributed by atoms with van der Waals surface area (Å²) in [7, 11) is 0. The van der Waals surface area contributed by atoms with E-state index in [1.54, 1.807) is 4.90 Å². The number of carboxylic acid groups (broad SMARTS) is 1. The molecule has 1 amide bonds. The van der Waals surface area contributed by atoms with Crippen LogP contribution in [0.15, 0.2) is 42.0 Å². The molecule has 1 N–H and O–H groups in total. The standard InChI is InChI=1S/C20H15Cl2NO3/c21-15-2-1-11-5-14-10-23(4-3-17(14)18(11)9-15)19(24)12-6-13(20(25)26)8-16(22)7-12/h1-2,6-9H,3-5,10H2,(H,25,26). The summed E-state index contributed by atoms with van der Waals surface area (Å²) in [5.74, 6) is -1.30. The molecule has 2 aromatic rings. The molecule has 26 heavy (non-hydrogen) atoms. The molecule has 6 heteroatoms. The first kappa shape index (κ1) is 17.1. The molecule has 0 saturated heterocycles. The first-order chi connectivity index (χ1) is 12.4. The smallest absolute Gasteiger partial charge is 0.335 e. The van der Waals surface area contributed by atoms with Crippen LogP contribution in [0.3, 0.4) is 0 Å². The molecule has 4 nitrogen and oxygen atoms in total. The fourth-order valence-corrected chi connectivity index (χ4v) is 4.13. The zero-order valence-electron chi connectivity index (χ0n) is 13.8. The normalized spacial score (nSPS) is 15.7. The number of carbonyl (C=O) groups is 2. The molecule has 0 unspecified atom stereocenters. The number of amides is 1. The minimum absolute atomic E-state index is 0.0145. The van der Waals surface area contributed by atoms with Gasteiger partial charge in [0.1, 0.15) is 0 Å². The van der Waals surface area contributed by atoms with Crippen LogP contribution in [0.1, 0.15) is 38.3 Å². The molecule has 1 heterocycles. The third-order valence-corrected chi connectivity index (χ3v) is 5.37. The van der Waals surface area contributed by atoms with Crippen molar-refractivity contribution >= 4 is 40.7 Å². The van der Waals surface area contributed by atoms with Crippen molar-refractivity contribution in [1.29, 1.82) is 0 Å². The average Bonchev–Trinajstić information content (AvgIpc) is 2.97. The number of rotatable bonds is 2. The van der Waals surface area contributed by atoms with Crippen LogP contribution in [-0.4, -0.2) is 35.0 Å². The maximum Gasteiger partial charge on any atom is 0.335 e. The Hall–Kier alpha value is -2.30. The highest BCUT2D eigenvalue weighted by Gasteiger charge is 2.29. The zero-order chi connectivity index (χ0) is 18.4. The van der Waals surface area contributed by atoms with E-state index in [2.05, 4.69) is 0 Å². The van der Waals surface area contributed by atoms with Crippen LogP contribution in [0.25, 0.3) is 5.57 Å². The monoisotopic (exact) mass is 387 g/mol. The van der Waals surface area contributed by atoms with Crippen LogP contribution >= 0.6 is 23.2 Å². The summed E-state index contributed by atoms with van der Waals surface area (Å²) in [6.45, 7) is 1.12. The molecule has 132 valence electrons. The van der Waals surface area contributed by atoms with Crippen molar-refractivity contribution in [3.63, 3.8) is 0 Å². The summed E-state index contributed by atoms with van der Waals surface area (Å²) < 4.78 is 0. The van der Waals surface area contributed by atoms with E-state index in [-0.39, 0.29) is 16.5 Å². The fourth-order valence-electron chi connectivity index (χ4n) is 3.72. The third-order valence-electron chi connectivity index (χ3n) is 4.92. The van der Waals surface area contributed by atoms with Gasteiger partial charge in [0.2, 0.25) is 0 Å². The fraction of sp³-hybridized carbons (Fsp3) is 0.200. The molecule has 0 spiro atoms. The molecule has 2 aliphatic rings. The van der Waals surface area contributed by atoms with E-state index < -0.39 is 5.97 Å². The van der Waals surface area contributed by atoms with Gasteiger partial charge in [0.25, 0.3) is 5.91 Å². The van der Waals surface area contributed by atoms with E-state index in [4.69, 9.17) is 28.3 Å². The van der Waals surface area contributed by atoms with Gasteiger partial charge in [-0.3, -0.25) is 4.79 Å². The Morgan fingerprint density at radius 1 is 1.00 bits per heavy atom. The van der Waals surface area contributed by atoms with Gasteiger partial charge in [-0.15, -0.1) is 0 Å². The number of halogens is 2. The highest BCUT2D eigenvalue weighted by Crippen LogP contribution is 2.39. The maximum absolute atomic E-state index is 12.9. The van der Waals surface area contributed by atoms with Crippen molar-refractivity contribution in [1.82, 2.24) is 4.90 Å². The number of hydrogen-bond donors (Lipinski definition) is 1. The van der Waals surface area contributed by atoms with Crippen LogP contribution in [0.4, 0.5) is 0 Å². The van der Waals surface area contributed by atoms with E-state index in [0.29, 0.717) is 18.7 Å². The minimum Gasteiger partial charge on any atom is -0.478 e. The highest BCUT2D eigenvalue weighted by atomic mass is 35.5. The van der Waals surface area contributed by atoms with Gasteiger partial charge < -0.3 is 10.0 Å². The molecule has 0 aromatic heterocycles. The Bertz CT molecular complexity index is 981. The van der Waals surface area contributed by atoms with Crippen molar-refractivity contribution in [3.8, 4) is 0 Å². The average molecular weight is 388 g/mol. The van der Waals surface area contributed by atoms with E-state index in [9.17, 15) is 9.59 Å². The van der Waals surface area contributed by atoms with Gasteiger partial charge in [0.15, 0.2) is 0 Å². The second kappa shape index (κ2) is 6.45. The number of carbonyl (C=O) groups excluding carboxylic acids is 1. The lowest BCUT2D eigenvalue weighted by Gasteiger charge is -2.29.